The zero-order chi connectivity index (χ0) is 20.2. The van der Waals surface area contributed by atoms with E-state index in [9.17, 15) is 24.3 Å². The molecule has 144 valence electrons. The van der Waals surface area contributed by atoms with Crippen molar-refractivity contribution >= 4 is 73.8 Å². The maximum Gasteiger partial charge on any atom is 0.333 e. The average Bonchev–Trinajstić information content (AvgIpc) is 2.61. The number of nitrogens with two attached hydrogens (primary N) is 4. The van der Waals surface area contributed by atoms with Gasteiger partial charge in [-0.2, -0.15) is 50.5 Å². The van der Waals surface area contributed by atoms with Gasteiger partial charge < -0.3 is 28.0 Å². The Bertz CT molecular complexity index is 542. The molecular formula is C12H22N4O5S4. The Balaban J connectivity index is 6.70. The van der Waals surface area contributed by atoms with Crippen LogP contribution in [0.2, 0.25) is 0 Å². The first-order valence-electron chi connectivity index (χ1n) is 6.84. The summed E-state index contributed by atoms with van der Waals surface area (Å²) in [7, 11) is 0. The summed E-state index contributed by atoms with van der Waals surface area (Å²) < 4.78 is -2.87. The fraction of sp³-hybridized carbons (Fsp3) is 0.667. The van der Waals surface area contributed by atoms with Crippen LogP contribution in [0.4, 0.5) is 0 Å². The second kappa shape index (κ2) is 9.60. The number of thiol groups is 4. The summed E-state index contributed by atoms with van der Waals surface area (Å²) in [5.74, 6) is -6.52. The van der Waals surface area contributed by atoms with Crippen LogP contribution in [0.15, 0.2) is 0 Å². The minimum absolute atomic E-state index is 0.257. The second-order valence-electron chi connectivity index (χ2n) is 5.28. The molecule has 25 heavy (non-hydrogen) atoms. The molecule has 0 radical (unpaired) electrons. The van der Waals surface area contributed by atoms with E-state index in [4.69, 9.17) is 22.9 Å². The molecule has 13 heteroatoms. The number of hydrogen-bond acceptors (Lipinski definition) is 12. The van der Waals surface area contributed by atoms with E-state index in [2.05, 4.69) is 50.5 Å². The quantitative estimate of drug-likeness (QED) is 0.121. The standard InChI is InChI=1S/C12H22N4O5S4/c13-4(1-22)7(17)11(16,10(20)21)12(25,8(18)5(14)2-23)9(19)6(15)3-24/h4-6,22-25H,1-3,13-16H2,(H,20,21)/t4-,5-,6-,11+/m0/s1. The van der Waals surface area contributed by atoms with Gasteiger partial charge in [0.15, 0.2) is 22.1 Å². The first kappa shape index (κ1) is 24.7. The summed E-state index contributed by atoms with van der Waals surface area (Å²) >= 11 is 15.4. The van der Waals surface area contributed by atoms with E-state index in [0.717, 1.165) is 0 Å². The van der Waals surface area contributed by atoms with Crippen LogP contribution in [-0.4, -0.2) is 74.1 Å². The van der Waals surface area contributed by atoms with E-state index >= 15 is 0 Å². The summed E-state index contributed by atoms with van der Waals surface area (Å²) in [6, 6.07) is -4.34. The summed E-state index contributed by atoms with van der Waals surface area (Å²) in [6.07, 6.45) is 0. The van der Waals surface area contributed by atoms with E-state index in [1.165, 1.54) is 0 Å². The van der Waals surface area contributed by atoms with Crippen LogP contribution in [0.5, 0.6) is 0 Å². The third-order valence-corrected chi connectivity index (χ3v) is 5.58. The lowest BCUT2D eigenvalue weighted by molar-refractivity contribution is -0.156. The van der Waals surface area contributed by atoms with E-state index in [1.54, 1.807) is 0 Å². The number of carboxylic acids is 1. The van der Waals surface area contributed by atoms with Crippen LogP contribution >= 0.6 is 50.5 Å². The van der Waals surface area contributed by atoms with Crippen LogP contribution in [0, 0.1) is 0 Å². The molecule has 0 saturated carbocycles. The smallest absolute Gasteiger partial charge is 0.333 e. The molecule has 0 heterocycles. The van der Waals surface area contributed by atoms with Gasteiger partial charge in [-0.15, -0.1) is 0 Å². The Labute approximate surface area is 166 Å². The highest BCUT2D eigenvalue weighted by molar-refractivity contribution is 7.84. The largest absolute Gasteiger partial charge is 0.479 e. The highest BCUT2D eigenvalue weighted by Gasteiger charge is 2.67. The van der Waals surface area contributed by atoms with Gasteiger partial charge in [0.25, 0.3) is 0 Å². The van der Waals surface area contributed by atoms with Crippen LogP contribution in [0.1, 0.15) is 0 Å². The normalized spacial score (nSPS) is 17.9. The highest BCUT2D eigenvalue weighted by Crippen LogP contribution is 2.34. The molecule has 9 N–H and O–H groups in total. The van der Waals surface area contributed by atoms with E-state index in [0.29, 0.717) is 0 Å². The number of rotatable bonds is 11. The Morgan fingerprint density at radius 3 is 1.32 bits per heavy atom. The van der Waals surface area contributed by atoms with Crippen molar-refractivity contribution in [2.45, 2.75) is 28.4 Å². The van der Waals surface area contributed by atoms with Gasteiger partial charge in [0, 0.05) is 17.3 Å². The summed E-state index contributed by atoms with van der Waals surface area (Å²) in [6.45, 7) is 0. The molecule has 0 aliphatic carbocycles. The minimum atomic E-state index is -3.12. The molecule has 0 bridgehead atoms. The third kappa shape index (κ3) is 4.35. The third-order valence-electron chi connectivity index (χ3n) is 3.61. The molecule has 0 aromatic rings. The van der Waals surface area contributed by atoms with Crippen LogP contribution in [0.25, 0.3) is 0 Å². The molecule has 0 amide bonds. The molecule has 0 aliphatic heterocycles. The fourth-order valence-corrected chi connectivity index (χ4v) is 3.06. The lowest BCUT2D eigenvalue weighted by atomic mass is 9.70. The monoisotopic (exact) mass is 430 g/mol. The molecule has 0 saturated heterocycles. The fourth-order valence-electron chi connectivity index (χ4n) is 2.03. The second-order valence-corrected chi connectivity index (χ2v) is 7.05. The van der Waals surface area contributed by atoms with Crippen molar-refractivity contribution in [3.8, 4) is 0 Å². The number of ketones is 3. The van der Waals surface area contributed by atoms with Crippen LogP contribution in [0.3, 0.4) is 0 Å². The van der Waals surface area contributed by atoms with Gasteiger partial charge in [0.2, 0.25) is 5.54 Å². The van der Waals surface area contributed by atoms with E-state index in [1.807, 2.05) is 0 Å². The van der Waals surface area contributed by atoms with Gasteiger partial charge in [-0.05, 0) is 0 Å². The zero-order valence-electron chi connectivity index (χ0n) is 13.0. The Hall–Kier alpha value is -0.280. The Morgan fingerprint density at radius 1 is 0.800 bits per heavy atom. The van der Waals surface area contributed by atoms with Gasteiger partial charge in [-0.1, -0.05) is 0 Å². The maximum absolute atomic E-state index is 12.7. The van der Waals surface area contributed by atoms with Gasteiger partial charge in [0.1, 0.15) is 0 Å². The van der Waals surface area contributed by atoms with Crippen LogP contribution in [-0.2, 0) is 19.2 Å². The molecule has 0 aliphatic rings. The number of Topliss-reactive ketones (excluding diaryl/α,β-unsaturated/α-hetero) is 3. The van der Waals surface area contributed by atoms with Gasteiger partial charge in [-0.3, -0.25) is 14.4 Å². The van der Waals surface area contributed by atoms with Crippen molar-refractivity contribution in [2.24, 2.45) is 22.9 Å². The lowest BCUT2D eigenvalue weighted by Gasteiger charge is -2.41. The van der Waals surface area contributed by atoms with Crippen molar-refractivity contribution < 1.29 is 24.3 Å². The molecule has 0 fully saturated rings. The molecule has 0 rings (SSSR count). The molecule has 0 aromatic heterocycles. The summed E-state index contributed by atoms with van der Waals surface area (Å²) in [4.78, 5) is 49.9. The number of carbonyl (C=O) groups excluding carboxylic acids is 3. The molecule has 0 unspecified atom stereocenters. The topological polar surface area (TPSA) is 193 Å². The number of carboxylic acid groups (broad SMARTS) is 1. The number of carbonyl (C=O) groups is 4. The molecule has 9 nitrogen and oxygen atoms in total. The average molecular weight is 431 g/mol. The van der Waals surface area contributed by atoms with Crippen molar-refractivity contribution in [1.82, 2.24) is 0 Å². The maximum atomic E-state index is 12.7. The van der Waals surface area contributed by atoms with Crippen molar-refractivity contribution in [1.29, 1.82) is 0 Å². The van der Waals surface area contributed by atoms with Gasteiger partial charge >= 0.3 is 5.97 Å². The Morgan fingerprint density at radius 2 is 1.08 bits per heavy atom. The zero-order valence-corrected chi connectivity index (χ0v) is 16.6. The number of hydrogen-bond donors (Lipinski definition) is 9. The molecule has 4 atom stereocenters. The van der Waals surface area contributed by atoms with E-state index in [-0.39, 0.29) is 17.3 Å². The van der Waals surface area contributed by atoms with Crippen molar-refractivity contribution in [3.63, 3.8) is 0 Å². The summed E-state index contributed by atoms with van der Waals surface area (Å²) in [5, 5.41) is 9.59. The predicted molar refractivity (Wildman–Crippen MR) is 107 cm³/mol. The first-order chi connectivity index (χ1) is 11.4. The van der Waals surface area contributed by atoms with Gasteiger partial charge in [-0.25, -0.2) is 4.79 Å². The Kier molecular flexibility index (Phi) is 9.49. The highest BCUT2D eigenvalue weighted by atomic mass is 32.1. The predicted octanol–water partition coefficient (Wildman–Crippen LogP) is -3.08. The summed E-state index contributed by atoms with van der Waals surface area (Å²) in [5.41, 5.74) is 19.4. The van der Waals surface area contributed by atoms with Crippen LogP contribution < -0.4 is 22.9 Å². The van der Waals surface area contributed by atoms with Crippen molar-refractivity contribution in [3.05, 3.63) is 0 Å². The number of aliphatic carboxylic acids is 1. The molecule has 0 aromatic carbocycles. The van der Waals surface area contributed by atoms with E-state index < -0.39 is 51.7 Å². The minimum Gasteiger partial charge on any atom is -0.479 e. The van der Waals surface area contributed by atoms with Gasteiger partial charge in [0.05, 0.1) is 18.1 Å². The lowest BCUT2D eigenvalue weighted by Crippen LogP contribution is -2.79. The first-order valence-corrected chi connectivity index (χ1v) is 9.19. The van der Waals surface area contributed by atoms with Crippen molar-refractivity contribution in [2.75, 3.05) is 17.3 Å². The molecular weight excluding hydrogens is 408 g/mol. The molecule has 0 spiro atoms. The SMILES string of the molecule is N[C@@H](CS)C(=O)C(S)(C(=O)[C@@H](N)CS)[C@](N)(C(=O)O)C(=O)[C@@H](N)CS.